The molecule has 0 amide bonds. The topological polar surface area (TPSA) is 50.7 Å². The van der Waals surface area contributed by atoms with Gasteiger partial charge in [0.05, 0.1) is 6.10 Å². The van der Waals surface area contributed by atoms with E-state index in [9.17, 15) is 5.11 Å². The van der Waals surface area contributed by atoms with Crippen molar-refractivity contribution < 1.29 is 14.6 Å². The van der Waals surface area contributed by atoms with E-state index in [-0.39, 0.29) is 6.04 Å². The fraction of sp³-hybridized carbons (Fsp3) is 0.625. The highest BCUT2D eigenvalue weighted by molar-refractivity contribution is 5.44. The third-order valence-corrected chi connectivity index (χ3v) is 3.97. The van der Waals surface area contributed by atoms with E-state index in [2.05, 4.69) is 19.2 Å². The summed E-state index contributed by atoms with van der Waals surface area (Å²) in [5, 5.41) is 14.2. The summed E-state index contributed by atoms with van der Waals surface area (Å²) in [5.41, 5.74) is 0.890. The Balaban J connectivity index is 1.78. The first kappa shape index (κ1) is 13.7. The molecule has 1 aliphatic carbocycles. The predicted molar refractivity (Wildman–Crippen MR) is 77.2 cm³/mol. The van der Waals surface area contributed by atoms with Crippen LogP contribution in [0.25, 0.3) is 0 Å². The second-order valence-electron chi connectivity index (χ2n) is 6.06. The van der Waals surface area contributed by atoms with Gasteiger partial charge in [-0.2, -0.15) is 0 Å². The SMILES string of the molecule is CC(C)C(NC1CC1)C(O)c1ccc2c(c1)OCCO2. The monoisotopic (exact) mass is 277 g/mol. The standard InChI is InChI=1S/C16H23NO3/c1-10(2)15(17-12-4-5-12)16(18)11-3-6-13-14(9-11)20-8-7-19-13/h3,6,9-10,12,15-18H,4-5,7-8H2,1-2H3. The second kappa shape index (κ2) is 5.62. The fourth-order valence-electron chi connectivity index (χ4n) is 2.62. The molecular formula is C16H23NO3. The lowest BCUT2D eigenvalue weighted by Crippen LogP contribution is -2.40. The lowest BCUT2D eigenvalue weighted by Gasteiger charge is -2.29. The maximum Gasteiger partial charge on any atom is 0.161 e. The van der Waals surface area contributed by atoms with Gasteiger partial charge in [0.1, 0.15) is 13.2 Å². The normalized spacial score (nSPS) is 20.8. The molecule has 0 spiro atoms. The average Bonchev–Trinajstić information content (AvgIpc) is 3.27. The number of ether oxygens (including phenoxy) is 2. The van der Waals surface area contributed by atoms with Crippen LogP contribution in [0.4, 0.5) is 0 Å². The number of aliphatic hydroxyl groups excluding tert-OH is 1. The van der Waals surface area contributed by atoms with Crippen LogP contribution in [-0.4, -0.2) is 30.4 Å². The van der Waals surface area contributed by atoms with E-state index < -0.39 is 6.10 Å². The highest BCUT2D eigenvalue weighted by atomic mass is 16.6. The molecule has 1 fully saturated rings. The van der Waals surface area contributed by atoms with Gasteiger partial charge in [-0.3, -0.25) is 0 Å². The molecule has 3 rings (SSSR count). The molecule has 4 nitrogen and oxygen atoms in total. The Labute approximate surface area is 120 Å². The van der Waals surface area contributed by atoms with Crippen LogP contribution in [0.2, 0.25) is 0 Å². The van der Waals surface area contributed by atoms with E-state index in [4.69, 9.17) is 9.47 Å². The first-order chi connectivity index (χ1) is 9.65. The Bertz CT molecular complexity index is 471. The summed E-state index contributed by atoms with van der Waals surface area (Å²) < 4.78 is 11.1. The summed E-state index contributed by atoms with van der Waals surface area (Å²) in [4.78, 5) is 0. The van der Waals surface area contributed by atoms with Crippen molar-refractivity contribution in [1.29, 1.82) is 0 Å². The summed E-state index contributed by atoms with van der Waals surface area (Å²) >= 11 is 0. The van der Waals surface area contributed by atoms with Crippen LogP contribution >= 0.6 is 0 Å². The average molecular weight is 277 g/mol. The molecule has 0 radical (unpaired) electrons. The van der Waals surface area contributed by atoms with Crippen molar-refractivity contribution >= 4 is 0 Å². The molecule has 2 unspecified atom stereocenters. The third-order valence-electron chi connectivity index (χ3n) is 3.97. The molecule has 1 aliphatic heterocycles. The van der Waals surface area contributed by atoms with Gasteiger partial charge in [0.15, 0.2) is 11.5 Å². The summed E-state index contributed by atoms with van der Waals surface area (Å²) in [6, 6.07) is 6.38. The Kier molecular flexibility index (Phi) is 3.85. The molecule has 0 saturated heterocycles. The molecule has 110 valence electrons. The highest BCUT2D eigenvalue weighted by Crippen LogP contribution is 2.35. The van der Waals surface area contributed by atoms with Gasteiger partial charge in [0, 0.05) is 12.1 Å². The Morgan fingerprint density at radius 3 is 2.50 bits per heavy atom. The number of nitrogens with one attached hydrogen (secondary N) is 1. The van der Waals surface area contributed by atoms with E-state index in [0.717, 1.165) is 17.1 Å². The predicted octanol–water partition coefficient (Wildman–Crippen LogP) is 2.27. The molecule has 2 aliphatic rings. The minimum Gasteiger partial charge on any atom is -0.486 e. The number of hydrogen-bond donors (Lipinski definition) is 2. The van der Waals surface area contributed by atoms with Crippen LogP contribution in [0.5, 0.6) is 11.5 Å². The van der Waals surface area contributed by atoms with E-state index >= 15 is 0 Å². The number of rotatable bonds is 5. The van der Waals surface area contributed by atoms with Gasteiger partial charge in [-0.05, 0) is 36.5 Å². The van der Waals surface area contributed by atoms with Crippen molar-refractivity contribution in [3.05, 3.63) is 23.8 Å². The van der Waals surface area contributed by atoms with Crippen molar-refractivity contribution in [3.8, 4) is 11.5 Å². The summed E-state index contributed by atoms with van der Waals surface area (Å²) in [6.07, 6.45) is 1.92. The van der Waals surface area contributed by atoms with Gasteiger partial charge < -0.3 is 19.9 Å². The van der Waals surface area contributed by atoms with Crippen LogP contribution < -0.4 is 14.8 Å². The zero-order valence-electron chi connectivity index (χ0n) is 12.1. The van der Waals surface area contributed by atoms with Crippen molar-refractivity contribution in [3.63, 3.8) is 0 Å². The first-order valence-corrected chi connectivity index (χ1v) is 7.49. The van der Waals surface area contributed by atoms with Gasteiger partial charge >= 0.3 is 0 Å². The van der Waals surface area contributed by atoms with E-state index in [1.165, 1.54) is 12.8 Å². The van der Waals surface area contributed by atoms with Crippen LogP contribution in [-0.2, 0) is 0 Å². The van der Waals surface area contributed by atoms with Crippen LogP contribution in [0.3, 0.4) is 0 Å². The van der Waals surface area contributed by atoms with E-state index in [1.54, 1.807) is 0 Å². The first-order valence-electron chi connectivity index (χ1n) is 7.49. The van der Waals surface area contributed by atoms with Gasteiger partial charge in [-0.1, -0.05) is 19.9 Å². The molecule has 20 heavy (non-hydrogen) atoms. The molecule has 2 atom stereocenters. The van der Waals surface area contributed by atoms with Gasteiger partial charge in [0.2, 0.25) is 0 Å². The van der Waals surface area contributed by atoms with Gasteiger partial charge in [0.25, 0.3) is 0 Å². The lowest BCUT2D eigenvalue weighted by molar-refractivity contribution is 0.103. The Morgan fingerprint density at radius 2 is 1.85 bits per heavy atom. The summed E-state index contributed by atoms with van der Waals surface area (Å²) in [6.45, 7) is 5.44. The smallest absolute Gasteiger partial charge is 0.161 e. The molecule has 1 aromatic carbocycles. The van der Waals surface area contributed by atoms with Crippen molar-refractivity contribution in [2.75, 3.05) is 13.2 Å². The van der Waals surface area contributed by atoms with E-state index in [1.807, 2.05) is 18.2 Å². The number of aliphatic hydroxyl groups is 1. The number of hydrogen-bond acceptors (Lipinski definition) is 4. The zero-order valence-corrected chi connectivity index (χ0v) is 12.1. The molecule has 1 aromatic rings. The van der Waals surface area contributed by atoms with E-state index in [0.29, 0.717) is 25.2 Å². The summed E-state index contributed by atoms with van der Waals surface area (Å²) in [5.74, 6) is 1.88. The van der Waals surface area contributed by atoms with Crippen LogP contribution in [0.15, 0.2) is 18.2 Å². The van der Waals surface area contributed by atoms with Crippen LogP contribution in [0.1, 0.15) is 38.4 Å². The molecule has 0 aromatic heterocycles. The zero-order chi connectivity index (χ0) is 14.1. The summed E-state index contributed by atoms with van der Waals surface area (Å²) in [7, 11) is 0. The maximum atomic E-state index is 10.7. The largest absolute Gasteiger partial charge is 0.486 e. The maximum absolute atomic E-state index is 10.7. The Hall–Kier alpha value is -1.26. The highest BCUT2D eigenvalue weighted by Gasteiger charge is 2.31. The second-order valence-corrected chi connectivity index (χ2v) is 6.06. The molecule has 4 heteroatoms. The lowest BCUT2D eigenvalue weighted by atomic mass is 9.93. The van der Waals surface area contributed by atoms with Crippen LogP contribution in [0, 0.1) is 5.92 Å². The minimum atomic E-state index is -0.522. The molecule has 1 heterocycles. The van der Waals surface area contributed by atoms with Crippen molar-refractivity contribution in [1.82, 2.24) is 5.32 Å². The molecule has 1 saturated carbocycles. The quantitative estimate of drug-likeness (QED) is 0.867. The van der Waals surface area contributed by atoms with Gasteiger partial charge in [-0.15, -0.1) is 0 Å². The Morgan fingerprint density at radius 1 is 1.15 bits per heavy atom. The van der Waals surface area contributed by atoms with Crippen molar-refractivity contribution in [2.24, 2.45) is 5.92 Å². The minimum absolute atomic E-state index is 0.0741. The number of fused-ring (bicyclic) bond motifs is 1. The van der Waals surface area contributed by atoms with Crippen molar-refractivity contribution in [2.45, 2.75) is 44.9 Å². The molecular weight excluding hydrogens is 254 g/mol. The third kappa shape index (κ3) is 2.91. The van der Waals surface area contributed by atoms with Gasteiger partial charge in [-0.25, -0.2) is 0 Å². The molecule has 0 bridgehead atoms. The number of benzene rings is 1. The molecule has 2 N–H and O–H groups in total. The fourth-order valence-corrected chi connectivity index (χ4v) is 2.62.